The molecule has 2 heteroatoms. The molecule has 0 amide bonds. The zero-order valence-electron chi connectivity index (χ0n) is 12.2. The molecule has 0 saturated heterocycles. The van der Waals surface area contributed by atoms with Crippen molar-refractivity contribution in [3.8, 4) is 11.5 Å². The van der Waals surface area contributed by atoms with Gasteiger partial charge in [0.25, 0.3) is 0 Å². The van der Waals surface area contributed by atoms with Crippen LogP contribution in [0.2, 0.25) is 0 Å². The predicted molar refractivity (Wildman–Crippen MR) is 83.9 cm³/mol. The maximum Gasteiger partial charge on any atom is 0.145 e. The van der Waals surface area contributed by atoms with Crippen LogP contribution in [0.5, 0.6) is 11.5 Å². The van der Waals surface area contributed by atoms with E-state index in [1.54, 1.807) is 24.3 Å². The molecule has 1 unspecified atom stereocenters. The molecule has 1 N–H and O–H groups in total. The lowest BCUT2D eigenvalue weighted by atomic mass is 9.86. The summed E-state index contributed by atoms with van der Waals surface area (Å²) in [7, 11) is 0. The van der Waals surface area contributed by atoms with Crippen molar-refractivity contribution in [3.05, 3.63) is 65.8 Å². The molecule has 1 aliphatic rings. The molecule has 1 heterocycles. The minimum atomic E-state index is -0.150. The van der Waals surface area contributed by atoms with Crippen molar-refractivity contribution in [2.75, 3.05) is 0 Å². The van der Waals surface area contributed by atoms with Gasteiger partial charge < -0.3 is 9.84 Å². The summed E-state index contributed by atoms with van der Waals surface area (Å²) >= 11 is 0. The fraction of sp³-hybridized carbons (Fsp3) is 0.222. The summed E-state index contributed by atoms with van der Waals surface area (Å²) in [6.07, 6.45) is 3.63. The van der Waals surface area contributed by atoms with Crippen molar-refractivity contribution < 1.29 is 9.84 Å². The summed E-state index contributed by atoms with van der Waals surface area (Å²) < 4.78 is 6.10. The molecule has 0 spiro atoms. The Bertz CT molecular complexity index is 633. The van der Waals surface area contributed by atoms with Gasteiger partial charge in [-0.15, -0.1) is 0 Å². The van der Waals surface area contributed by atoms with Crippen molar-refractivity contribution in [1.82, 2.24) is 0 Å². The van der Waals surface area contributed by atoms with E-state index in [0.29, 0.717) is 0 Å². The highest BCUT2D eigenvalue weighted by Crippen LogP contribution is 2.41. The van der Waals surface area contributed by atoms with Crippen LogP contribution in [0, 0.1) is 0 Å². The Labute approximate surface area is 120 Å². The first kappa shape index (κ1) is 14.2. The van der Waals surface area contributed by atoms with Gasteiger partial charge in [-0.2, -0.15) is 0 Å². The van der Waals surface area contributed by atoms with Gasteiger partial charge in [-0.05, 0) is 55.7 Å². The van der Waals surface area contributed by atoms with Crippen molar-refractivity contribution in [2.24, 2.45) is 0 Å². The normalized spacial score (nSPS) is 18.4. The molecule has 20 heavy (non-hydrogen) atoms. The van der Waals surface area contributed by atoms with Gasteiger partial charge in [-0.1, -0.05) is 25.3 Å². The van der Waals surface area contributed by atoms with E-state index in [0.717, 1.165) is 33.6 Å². The number of phenolic OH excluding ortho intramolecular Hbond substituents is 1. The number of phenols is 1. The topological polar surface area (TPSA) is 29.5 Å². The maximum atomic E-state index is 9.68. The average molecular weight is 268 g/mol. The number of fused-ring (bicyclic) bond motifs is 1. The molecule has 0 saturated carbocycles. The largest absolute Gasteiger partial charge is 0.508 e. The van der Waals surface area contributed by atoms with E-state index in [1.165, 1.54) is 0 Å². The Balaban J connectivity index is 2.68. The van der Waals surface area contributed by atoms with Crippen LogP contribution in [0.15, 0.2) is 60.2 Å². The summed E-state index contributed by atoms with van der Waals surface area (Å²) in [6, 6.07) is 5.17. The standard InChI is InChI=1S/C18H20O2/c1-6-11(3)17-13(5)15-10-14(19)8-9-16(15)20-18(17)12(4)7-2/h6-10,18-19H,1,3H2,2,4-5H3. The molecule has 2 nitrogen and oxygen atoms in total. The quantitative estimate of drug-likeness (QED) is 0.639. The van der Waals surface area contributed by atoms with Crippen LogP contribution in [0.1, 0.15) is 26.3 Å². The van der Waals surface area contributed by atoms with Gasteiger partial charge >= 0.3 is 0 Å². The number of benzene rings is 1. The van der Waals surface area contributed by atoms with Gasteiger partial charge in [-0.3, -0.25) is 0 Å². The molecule has 0 aromatic heterocycles. The number of allylic oxidation sites excluding steroid dienone is 3. The summed E-state index contributed by atoms with van der Waals surface area (Å²) in [5, 5.41) is 9.68. The molecule has 0 aliphatic carbocycles. The van der Waals surface area contributed by atoms with Crippen molar-refractivity contribution in [3.63, 3.8) is 0 Å². The van der Waals surface area contributed by atoms with Crippen molar-refractivity contribution in [2.45, 2.75) is 26.9 Å². The molecule has 0 bridgehead atoms. The van der Waals surface area contributed by atoms with Gasteiger partial charge in [-0.25, -0.2) is 0 Å². The summed E-state index contributed by atoms with van der Waals surface area (Å²) in [5.41, 5.74) is 4.97. The number of hydrogen-bond acceptors (Lipinski definition) is 2. The number of ether oxygens (including phenoxy) is 1. The number of aromatic hydroxyl groups is 1. The van der Waals surface area contributed by atoms with Crippen LogP contribution in [0.3, 0.4) is 0 Å². The molecule has 2 rings (SSSR count). The summed E-state index contributed by atoms with van der Waals surface area (Å²) in [5.74, 6) is 1.02. The van der Waals surface area contributed by atoms with Crippen LogP contribution in [0.4, 0.5) is 0 Å². The third kappa shape index (κ3) is 2.29. The predicted octanol–water partition coefficient (Wildman–Crippen LogP) is 4.64. The minimum absolute atomic E-state index is 0.150. The second-order valence-corrected chi connectivity index (χ2v) is 4.98. The highest BCUT2D eigenvalue weighted by Gasteiger charge is 2.28. The average Bonchev–Trinajstić information content (AvgIpc) is 2.46. The van der Waals surface area contributed by atoms with E-state index in [1.807, 2.05) is 26.8 Å². The smallest absolute Gasteiger partial charge is 0.145 e. The molecule has 0 fully saturated rings. The fourth-order valence-corrected chi connectivity index (χ4v) is 2.43. The van der Waals surface area contributed by atoms with E-state index in [9.17, 15) is 5.11 Å². The summed E-state index contributed by atoms with van der Waals surface area (Å²) in [6.45, 7) is 13.9. The second kappa shape index (κ2) is 5.41. The van der Waals surface area contributed by atoms with Crippen LogP contribution in [-0.2, 0) is 0 Å². The summed E-state index contributed by atoms with van der Waals surface area (Å²) in [4.78, 5) is 0. The Hall–Kier alpha value is -2.22. The maximum absolute atomic E-state index is 9.68. The van der Waals surface area contributed by atoms with Crippen LogP contribution in [0.25, 0.3) is 5.57 Å². The lowest BCUT2D eigenvalue weighted by Gasteiger charge is -2.31. The first-order valence-electron chi connectivity index (χ1n) is 6.65. The monoisotopic (exact) mass is 268 g/mol. The Kier molecular flexibility index (Phi) is 3.84. The Morgan fingerprint density at radius 3 is 2.70 bits per heavy atom. The van der Waals surface area contributed by atoms with E-state index in [4.69, 9.17) is 4.74 Å². The van der Waals surface area contributed by atoms with Crippen LogP contribution < -0.4 is 4.74 Å². The van der Waals surface area contributed by atoms with Gasteiger partial charge in [0.15, 0.2) is 0 Å². The zero-order valence-corrected chi connectivity index (χ0v) is 12.2. The molecule has 0 radical (unpaired) electrons. The van der Waals surface area contributed by atoms with E-state index < -0.39 is 0 Å². The molecule has 1 aromatic rings. The molecule has 104 valence electrons. The first-order valence-corrected chi connectivity index (χ1v) is 6.65. The number of rotatable bonds is 3. The van der Waals surface area contributed by atoms with E-state index in [-0.39, 0.29) is 11.9 Å². The molecule has 1 aliphatic heterocycles. The molecular formula is C18H20O2. The van der Waals surface area contributed by atoms with Gasteiger partial charge in [0.1, 0.15) is 17.6 Å². The van der Waals surface area contributed by atoms with Crippen molar-refractivity contribution >= 4 is 5.57 Å². The Morgan fingerprint density at radius 2 is 2.10 bits per heavy atom. The van der Waals surface area contributed by atoms with E-state index in [2.05, 4.69) is 13.2 Å². The highest BCUT2D eigenvalue weighted by atomic mass is 16.5. The van der Waals surface area contributed by atoms with Crippen LogP contribution in [-0.4, -0.2) is 11.2 Å². The zero-order chi connectivity index (χ0) is 14.9. The first-order chi connectivity index (χ1) is 9.49. The van der Waals surface area contributed by atoms with Gasteiger partial charge in [0, 0.05) is 11.1 Å². The second-order valence-electron chi connectivity index (χ2n) is 4.98. The van der Waals surface area contributed by atoms with Gasteiger partial charge in [0.05, 0.1) is 0 Å². The third-order valence-corrected chi connectivity index (χ3v) is 3.74. The fourth-order valence-electron chi connectivity index (χ4n) is 2.43. The number of hydrogen-bond donors (Lipinski definition) is 1. The van der Waals surface area contributed by atoms with Crippen LogP contribution >= 0.6 is 0 Å². The SMILES string of the molecule is C=CC(=C)C1=C(C)c2cc(O)ccc2OC1C(C)=CC. The molecule has 1 atom stereocenters. The lowest BCUT2D eigenvalue weighted by Crippen LogP contribution is -2.26. The third-order valence-electron chi connectivity index (χ3n) is 3.74. The van der Waals surface area contributed by atoms with Crippen molar-refractivity contribution in [1.29, 1.82) is 0 Å². The minimum Gasteiger partial charge on any atom is -0.508 e. The molecule has 1 aromatic carbocycles. The lowest BCUT2D eigenvalue weighted by molar-refractivity contribution is 0.268. The molecular weight excluding hydrogens is 248 g/mol. The van der Waals surface area contributed by atoms with Gasteiger partial charge in [0.2, 0.25) is 0 Å². The van der Waals surface area contributed by atoms with E-state index >= 15 is 0 Å². The Morgan fingerprint density at radius 1 is 1.40 bits per heavy atom. The highest BCUT2D eigenvalue weighted by molar-refractivity contribution is 5.79.